The summed E-state index contributed by atoms with van der Waals surface area (Å²) in [5, 5.41) is 18.0. The molecule has 2 N–H and O–H groups in total. The highest BCUT2D eigenvalue weighted by Gasteiger charge is 2.78. The molecule has 3 rings (SSSR count). The van der Waals surface area contributed by atoms with Crippen molar-refractivity contribution in [1.29, 1.82) is 0 Å². The highest BCUT2D eigenvalue weighted by molar-refractivity contribution is 5.96. The summed E-state index contributed by atoms with van der Waals surface area (Å²) in [6, 6.07) is 0. The van der Waals surface area contributed by atoms with Gasteiger partial charge in [-0.05, 0) is 0 Å². The van der Waals surface area contributed by atoms with Gasteiger partial charge < -0.3 is 10.2 Å². The minimum atomic E-state index is -0.977. The molecule has 1 fully saturated rings. The summed E-state index contributed by atoms with van der Waals surface area (Å²) in [6.07, 6.45) is 5.24. The van der Waals surface area contributed by atoms with E-state index >= 15 is 0 Å². The van der Waals surface area contributed by atoms with Gasteiger partial charge in [-0.1, -0.05) is 18.2 Å². The first-order valence-corrected chi connectivity index (χ1v) is 4.47. The van der Waals surface area contributed by atoms with Crippen LogP contribution in [0.1, 0.15) is 0 Å². The summed E-state index contributed by atoms with van der Waals surface area (Å²) in [5.41, 5.74) is -0.541. The van der Waals surface area contributed by atoms with Gasteiger partial charge >= 0.3 is 11.9 Å². The van der Waals surface area contributed by atoms with Crippen LogP contribution in [-0.4, -0.2) is 22.2 Å². The second kappa shape index (κ2) is 1.92. The van der Waals surface area contributed by atoms with E-state index in [1.54, 1.807) is 6.08 Å². The Kier molecular flexibility index (Phi) is 1.07. The van der Waals surface area contributed by atoms with Crippen molar-refractivity contribution in [3.63, 3.8) is 0 Å². The zero-order chi connectivity index (χ0) is 10.1. The lowest BCUT2D eigenvalue weighted by Crippen LogP contribution is -2.22. The molecule has 3 aliphatic carbocycles. The lowest BCUT2D eigenvalue weighted by molar-refractivity contribution is -0.144. The van der Waals surface area contributed by atoms with Crippen molar-refractivity contribution in [2.45, 2.75) is 0 Å². The Labute approximate surface area is 79.5 Å². The smallest absolute Gasteiger partial charge is 0.331 e. The minimum Gasteiger partial charge on any atom is -0.481 e. The van der Waals surface area contributed by atoms with Crippen LogP contribution >= 0.6 is 0 Å². The van der Waals surface area contributed by atoms with E-state index in [4.69, 9.17) is 10.2 Å². The number of carboxylic acids is 2. The van der Waals surface area contributed by atoms with Crippen molar-refractivity contribution < 1.29 is 19.8 Å². The fraction of sp³-hybridized carbons (Fsp3) is 0.400. The van der Waals surface area contributed by atoms with Crippen LogP contribution in [0.2, 0.25) is 0 Å². The van der Waals surface area contributed by atoms with Crippen molar-refractivity contribution in [2.75, 3.05) is 0 Å². The molecule has 1 saturated carbocycles. The van der Waals surface area contributed by atoms with Crippen LogP contribution in [0.3, 0.4) is 0 Å². The zero-order valence-electron chi connectivity index (χ0n) is 7.18. The number of allylic oxidation sites excluding steroid dienone is 3. The molecule has 0 saturated heterocycles. The monoisotopic (exact) mass is 192 g/mol. The number of aliphatic carboxylic acids is 2. The van der Waals surface area contributed by atoms with Crippen LogP contribution in [-0.2, 0) is 9.59 Å². The Hall–Kier alpha value is -1.58. The van der Waals surface area contributed by atoms with E-state index < -0.39 is 17.4 Å². The molecule has 0 amide bonds. The van der Waals surface area contributed by atoms with Crippen molar-refractivity contribution in [1.82, 2.24) is 0 Å². The highest BCUT2D eigenvalue weighted by Crippen LogP contribution is 2.74. The van der Waals surface area contributed by atoms with Gasteiger partial charge in [0.25, 0.3) is 0 Å². The molecule has 0 heterocycles. The Bertz CT molecular complexity index is 420. The van der Waals surface area contributed by atoms with Gasteiger partial charge in [-0.15, -0.1) is 0 Å². The summed E-state index contributed by atoms with van der Waals surface area (Å²) in [6.45, 7) is 0. The van der Waals surface area contributed by atoms with E-state index in [-0.39, 0.29) is 23.3 Å². The Morgan fingerprint density at radius 3 is 2.43 bits per heavy atom. The molecule has 72 valence electrons. The molecule has 4 atom stereocenters. The highest BCUT2D eigenvalue weighted by atomic mass is 16.4. The van der Waals surface area contributed by atoms with E-state index in [2.05, 4.69) is 0 Å². The predicted molar refractivity (Wildman–Crippen MR) is 45.4 cm³/mol. The van der Waals surface area contributed by atoms with Gasteiger partial charge in [0.05, 0.1) is 5.41 Å². The third-order valence-electron chi connectivity index (χ3n) is 3.71. The number of rotatable bonds is 2. The Morgan fingerprint density at radius 2 is 2.00 bits per heavy atom. The second-order valence-electron chi connectivity index (χ2n) is 4.08. The van der Waals surface area contributed by atoms with Gasteiger partial charge in [-0.25, -0.2) is 4.79 Å². The lowest BCUT2D eigenvalue weighted by Gasteiger charge is -2.10. The summed E-state index contributed by atoms with van der Waals surface area (Å²) in [7, 11) is 0. The molecule has 3 aliphatic rings. The number of carbonyl (C=O) groups is 2. The van der Waals surface area contributed by atoms with Crippen LogP contribution in [0, 0.1) is 23.2 Å². The SMILES string of the molecule is O=C(O)C1=CC2C=CC3C1C23C(=O)O. The van der Waals surface area contributed by atoms with Gasteiger partial charge in [-0.3, -0.25) is 4.79 Å². The van der Waals surface area contributed by atoms with E-state index in [9.17, 15) is 9.59 Å². The van der Waals surface area contributed by atoms with Gasteiger partial charge in [0, 0.05) is 23.3 Å². The summed E-state index contributed by atoms with van der Waals surface area (Å²) >= 11 is 0. The van der Waals surface area contributed by atoms with Gasteiger partial charge in [-0.2, -0.15) is 0 Å². The van der Waals surface area contributed by atoms with Crippen LogP contribution in [0.4, 0.5) is 0 Å². The molecular weight excluding hydrogens is 184 g/mol. The van der Waals surface area contributed by atoms with E-state index in [0.29, 0.717) is 0 Å². The zero-order valence-corrected chi connectivity index (χ0v) is 7.18. The van der Waals surface area contributed by atoms with Crippen LogP contribution in [0.25, 0.3) is 0 Å². The number of carboxylic acid groups (broad SMARTS) is 2. The third kappa shape index (κ3) is 0.539. The lowest BCUT2D eigenvalue weighted by atomic mass is 9.93. The summed E-state index contributed by atoms with van der Waals surface area (Å²) < 4.78 is 0. The molecule has 0 bridgehead atoms. The maximum Gasteiger partial charge on any atom is 0.331 e. The molecule has 4 nitrogen and oxygen atoms in total. The molecule has 0 aromatic rings. The first-order valence-electron chi connectivity index (χ1n) is 4.47. The summed E-state index contributed by atoms with van der Waals surface area (Å²) in [5.74, 6) is -2.42. The van der Waals surface area contributed by atoms with Crippen molar-refractivity contribution in [3.05, 3.63) is 23.8 Å². The molecule has 0 aromatic heterocycles. The molecular formula is C10H8O4. The molecule has 0 aromatic carbocycles. The largest absolute Gasteiger partial charge is 0.481 e. The van der Waals surface area contributed by atoms with Gasteiger partial charge in [0.15, 0.2) is 0 Å². The van der Waals surface area contributed by atoms with Crippen molar-refractivity contribution in [3.8, 4) is 0 Å². The molecule has 0 spiro atoms. The number of hydrogen-bond acceptors (Lipinski definition) is 2. The maximum atomic E-state index is 11.1. The van der Waals surface area contributed by atoms with E-state index in [1.807, 2.05) is 12.2 Å². The predicted octanol–water partition coefficient (Wildman–Crippen LogP) is 0.514. The van der Waals surface area contributed by atoms with Crippen molar-refractivity contribution in [2.24, 2.45) is 23.2 Å². The van der Waals surface area contributed by atoms with Crippen LogP contribution in [0.5, 0.6) is 0 Å². The third-order valence-corrected chi connectivity index (χ3v) is 3.71. The first-order chi connectivity index (χ1) is 6.60. The van der Waals surface area contributed by atoms with Gasteiger partial charge in [0.2, 0.25) is 0 Å². The molecule has 14 heavy (non-hydrogen) atoms. The minimum absolute atomic E-state index is 0.0823. The van der Waals surface area contributed by atoms with Crippen molar-refractivity contribution >= 4 is 11.9 Å². The molecule has 4 unspecified atom stereocenters. The molecule has 4 heteroatoms. The molecule has 0 radical (unpaired) electrons. The maximum absolute atomic E-state index is 11.1. The Morgan fingerprint density at radius 1 is 1.29 bits per heavy atom. The van der Waals surface area contributed by atoms with E-state index in [1.165, 1.54) is 0 Å². The number of fused-ring (bicyclic) bond motifs is 1. The average Bonchev–Trinajstić information content (AvgIpc) is 2.51. The van der Waals surface area contributed by atoms with E-state index in [0.717, 1.165) is 0 Å². The van der Waals surface area contributed by atoms with Crippen LogP contribution in [0.15, 0.2) is 23.8 Å². The van der Waals surface area contributed by atoms with Gasteiger partial charge in [0.1, 0.15) is 0 Å². The molecule has 0 aliphatic heterocycles. The van der Waals surface area contributed by atoms with Crippen LogP contribution < -0.4 is 0 Å². The number of hydrogen-bond donors (Lipinski definition) is 2. The summed E-state index contributed by atoms with van der Waals surface area (Å²) in [4.78, 5) is 22.0. The first kappa shape index (κ1) is 7.79. The fourth-order valence-corrected chi connectivity index (χ4v) is 3.10. The fourth-order valence-electron chi connectivity index (χ4n) is 3.10. The standard InChI is InChI=1S/C10H8O4/c11-8(12)5-3-4-1-2-6-7(5)10(4,6)9(13)14/h1-4,6-7H,(H,11,12)(H,13,14). The topological polar surface area (TPSA) is 74.6 Å². The quantitative estimate of drug-likeness (QED) is 0.625. The second-order valence-corrected chi connectivity index (χ2v) is 4.08. The Balaban J connectivity index is 2.08. The average molecular weight is 192 g/mol. The normalized spacial score (nSPS) is 46.0.